The number of hydrogen-bond acceptors (Lipinski definition) is 25. The highest BCUT2D eigenvalue weighted by molar-refractivity contribution is 6.00. The Morgan fingerprint density at radius 1 is 0.360 bits per heavy atom. The molecule has 0 saturated carbocycles. The van der Waals surface area contributed by atoms with Crippen LogP contribution in [0, 0.1) is 0 Å². The molecular formula is C68H105N19O27. The lowest BCUT2D eigenvalue weighted by molar-refractivity contribution is -0.144. The summed E-state index contributed by atoms with van der Waals surface area (Å²) in [5, 5.41) is 99.4. The van der Waals surface area contributed by atoms with Crippen LogP contribution in [0.4, 0.5) is 0 Å². The molecule has 30 N–H and O–H groups in total. The second-order valence-corrected chi connectivity index (χ2v) is 26.2. The van der Waals surface area contributed by atoms with Crippen molar-refractivity contribution in [1.29, 1.82) is 0 Å². The number of carboxylic acid groups (broad SMARTS) is 6. The lowest BCUT2D eigenvalue weighted by atomic mass is 10.0. The molecule has 46 nitrogen and oxygen atoms in total. The van der Waals surface area contributed by atoms with Gasteiger partial charge in [-0.3, -0.25) is 91.1 Å². The van der Waals surface area contributed by atoms with E-state index >= 15 is 0 Å². The number of amides is 14. The van der Waals surface area contributed by atoms with Crippen LogP contribution in [0.25, 0.3) is 10.9 Å². The van der Waals surface area contributed by atoms with Gasteiger partial charge < -0.3 is 138 Å². The second kappa shape index (κ2) is 52.2. The Labute approximate surface area is 651 Å². The van der Waals surface area contributed by atoms with Gasteiger partial charge >= 0.3 is 35.8 Å². The van der Waals surface area contributed by atoms with E-state index in [2.05, 4.69) is 79.4 Å². The van der Waals surface area contributed by atoms with Crippen molar-refractivity contribution in [2.45, 2.75) is 208 Å². The van der Waals surface area contributed by atoms with Crippen LogP contribution in [-0.4, -0.2) is 278 Å². The average molecular weight is 1620 g/mol. The fourth-order valence-corrected chi connectivity index (χ4v) is 10.7. The zero-order chi connectivity index (χ0) is 85.7. The lowest BCUT2D eigenvalue weighted by Gasteiger charge is -2.28. The van der Waals surface area contributed by atoms with Crippen LogP contribution in [0.3, 0.4) is 0 Å². The van der Waals surface area contributed by atoms with Crippen molar-refractivity contribution in [1.82, 2.24) is 79.4 Å². The van der Waals surface area contributed by atoms with Crippen LogP contribution in [-0.2, 0) is 102 Å². The van der Waals surface area contributed by atoms with Gasteiger partial charge in [-0.05, 0) is 135 Å². The summed E-state index contributed by atoms with van der Waals surface area (Å²) in [5.41, 5.74) is 24.7. The van der Waals surface area contributed by atoms with Crippen LogP contribution in [0.15, 0.2) is 30.5 Å². The van der Waals surface area contributed by atoms with Crippen LogP contribution >= 0.6 is 0 Å². The standard InChI is InChI=1S/C68H105N19O27/c1-34(77-59(104)38(72)27-36-29-73-39-12-4-3-11-37(36)39)57(102)75-30-49(89)74-31-50(90)80-47(28-56(100)101)67(112)78-35(2)58(103)87-48(33-88)60(105)76-32-51(91)79-43(16-20-52(92)93)64(109)81-40(13-5-8-24-69)61(106)84-44(17-21-53(94)95)65(110)82-41(14-6-9-25-70)62(107)85-45(18-22-54(96)97)66(111)83-42(15-7-10-26-71)63(108)86-46(68(113)114)19-23-55(98)99/h3-4,11-12,29,34-35,38,40-48,73,88H,5-10,13-28,30-33,69-72H2,1-2H3,(H,74,89)(H,75,102)(H,76,105)(H,77,104)(H,78,112)(H,79,91)(H,80,90)(H,81,109)(H,82,110)(H,83,111)(H,84,106)(H,85,107)(H,86,108)(H,87,103)(H,92,93)(H,94,95)(H,96,97)(H,98,99)(H,100,101)(H,113,114)/t34-,35-,38-,40-,41-,42-,43-,44-,45-,46-,47-,48-/m0/s1. The number of aromatic amines is 1. The minimum atomic E-state index is -1.91. The van der Waals surface area contributed by atoms with Gasteiger partial charge in [-0.25, -0.2) is 4.79 Å². The van der Waals surface area contributed by atoms with Gasteiger partial charge in [0.25, 0.3) is 0 Å². The molecule has 0 unspecified atom stereocenters. The summed E-state index contributed by atoms with van der Waals surface area (Å²) in [6, 6.07) is -12.6. The van der Waals surface area contributed by atoms with E-state index in [1.165, 1.54) is 6.92 Å². The number of aliphatic carboxylic acids is 6. The molecule has 0 bridgehead atoms. The van der Waals surface area contributed by atoms with Gasteiger partial charge in [0, 0.05) is 42.8 Å². The van der Waals surface area contributed by atoms with Crippen molar-refractivity contribution in [3.05, 3.63) is 36.0 Å². The zero-order valence-electron chi connectivity index (χ0n) is 62.8. The predicted molar refractivity (Wildman–Crippen MR) is 395 cm³/mol. The number of carbonyl (C=O) groups is 20. The molecule has 2 aromatic rings. The average Bonchev–Trinajstić information content (AvgIpc) is 1.76. The Morgan fingerprint density at radius 3 is 1.11 bits per heavy atom. The number of aliphatic hydroxyl groups is 1. The Bertz CT molecular complexity index is 3690. The molecule has 0 aliphatic carbocycles. The fourth-order valence-electron chi connectivity index (χ4n) is 10.7. The van der Waals surface area contributed by atoms with E-state index in [0.717, 1.165) is 23.4 Å². The van der Waals surface area contributed by atoms with Crippen molar-refractivity contribution in [2.75, 3.05) is 45.9 Å². The van der Waals surface area contributed by atoms with E-state index in [9.17, 15) is 127 Å². The van der Waals surface area contributed by atoms with Crippen molar-refractivity contribution < 1.29 is 132 Å². The highest BCUT2D eigenvalue weighted by Gasteiger charge is 2.37. The molecule has 1 aromatic heterocycles. The highest BCUT2D eigenvalue weighted by atomic mass is 16.4. The van der Waals surface area contributed by atoms with Crippen LogP contribution in [0.5, 0.6) is 0 Å². The number of carbonyl (C=O) groups excluding carboxylic acids is 14. The van der Waals surface area contributed by atoms with Gasteiger partial charge in [0.15, 0.2) is 0 Å². The van der Waals surface area contributed by atoms with Gasteiger partial charge in [0.05, 0.1) is 38.7 Å². The summed E-state index contributed by atoms with van der Waals surface area (Å²) >= 11 is 0. The van der Waals surface area contributed by atoms with Crippen LogP contribution < -0.4 is 97.4 Å². The number of nitrogens with two attached hydrogens (primary N) is 4. The molecule has 634 valence electrons. The third kappa shape index (κ3) is 38.3. The van der Waals surface area contributed by atoms with E-state index in [0.29, 0.717) is 6.42 Å². The number of benzene rings is 1. The number of carboxylic acids is 6. The van der Waals surface area contributed by atoms with E-state index < -0.39 is 275 Å². The Hall–Kier alpha value is -12.0. The summed E-state index contributed by atoms with van der Waals surface area (Å²) in [4.78, 5) is 262. The van der Waals surface area contributed by atoms with E-state index in [-0.39, 0.29) is 77.4 Å². The molecule has 1 aromatic carbocycles. The quantitative estimate of drug-likeness (QED) is 0.0274. The normalized spacial score (nSPS) is 14.1. The van der Waals surface area contributed by atoms with Crippen LogP contribution in [0.1, 0.15) is 135 Å². The van der Waals surface area contributed by atoms with E-state index in [4.69, 9.17) is 28.0 Å². The molecule has 0 fully saturated rings. The molecule has 0 spiro atoms. The molecule has 114 heavy (non-hydrogen) atoms. The van der Waals surface area contributed by atoms with Gasteiger partial charge in [0.2, 0.25) is 82.7 Å². The molecule has 12 atom stereocenters. The first-order chi connectivity index (χ1) is 53.8. The number of hydrogen-bond donors (Lipinski definition) is 26. The van der Waals surface area contributed by atoms with Crippen molar-refractivity contribution in [3.8, 4) is 0 Å². The summed E-state index contributed by atoms with van der Waals surface area (Å²) in [6.07, 6.45) is -4.63. The first-order valence-corrected chi connectivity index (χ1v) is 36.3. The molecule has 0 saturated heterocycles. The largest absolute Gasteiger partial charge is 0.481 e. The third-order valence-corrected chi connectivity index (χ3v) is 17.0. The SMILES string of the molecule is C[C@H](NC(=O)[C@H](CC(=O)O)NC(=O)CNC(=O)CNC(=O)[C@H](C)NC(=O)[C@@H](N)Cc1c[nH]c2ccccc12)C(=O)N[C@@H](CO)C(=O)NCC(=O)N[C@@H](CCC(=O)O)C(=O)N[C@@H](CCCCN)C(=O)N[C@@H](CCC(=O)O)C(=O)N[C@@H](CCCCN)C(=O)N[C@@H](CCC(=O)O)C(=O)N[C@@H](CCCCN)C(=O)N[C@@H](CCC(=O)O)C(=O)O. The van der Waals surface area contributed by atoms with Gasteiger partial charge in [-0.1, -0.05) is 18.2 Å². The van der Waals surface area contributed by atoms with E-state index in [1.807, 2.05) is 24.3 Å². The van der Waals surface area contributed by atoms with Crippen molar-refractivity contribution >= 4 is 129 Å². The minimum Gasteiger partial charge on any atom is -0.481 e. The van der Waals surface area contributed by atoms with Crippen molar-refractivity contribution in [3.63, 3.8) is 0 Å². The molecular weight excluding hydrogens is 1510 g/mol. The molecule has 0 radical (unpaired) electrons. The van der Waals surface area contributed by atoms with Gasteiger partial charge in [0.1, 0.15) is 66.5 Å². The monoisotopic (exact) mass is 1620 g/mol. The first kappa shape index (κ1) is 98.0. The number of rotatable bonds is 58. The fraction of sp³-hybridized carbons (Fsp3) is 0.588. The number of fused-ring (bicyclic) bond motifs is 1. The lowest BCUT2D eigenvalue weighted by Crippen LogP contribution is -2.60. The highest BCUT2D eigenvalue weighted by Crippen LogP contribution is 2.19. The number of unbranched alkanes of at least 4 members (excludes halogenated alkanes) is 3. The maximum atomic E-state index is 14.3. The number of H-pyrrole nitrogens is 1. The molecule has 1 heterocycles. The first-order valence-electron chi connectivity index (χ1n) is 36.3. The summed E-state index contributed by atoms with van der Waals surface area (Å²) in [7, 11) is 0. The second-order valence-electron chi connectivity index (χ2n) is 26.2. The van der Waals surface area contributed by atoms with E-state index in [1.54, 1.807) is 6.20 Å². The summed E-state index contributed by atoms with van der Waals surface area (Å²) in [6.45, 7) is -1.24. The minimum absolute atomic E-state index is 0.0408. The maximum Gasteiger partial charge on any atom is 0.326 e. The maximum absolute atomic E-state index is 14.3. The molecule has 46 heteroatoms. The Balaban J connectivity index is 2.22. The molecule has 2 rings (SSSR count). The van der Waals surface area contributed by atoms with Gasteiger partial charge in [-0.15, -0.1) is 0 Å². The Morgan fingerprint density at radius 2 is 0.702 bits per heavy atom. The third-order valence-electron chi connectivity index (χ3n) is 17.0. The molecule has 0 aliphatic rings. The predicted octanol–water partition coefficient (Wildman–Crippen LogP) is -8.84. The summed E-state index contributed by atoms with van der Waals surface area (Å²) < 4.78 is 0. The summed E-state index contributed by atoms with van der Waals surface area (Å²) in [5.74, 6) is -24.7. The topological polar surface area (TPSA) is 771 Å². The van der Waals surface area contributed by atoms with Crippen molar-refractivity contribution in [2.24, 2.45) is 22.9 Å². The number of nitrogens with one attached hydrogen (secondary N) is 15. The number of aromatic nitrogens is 1. The van der Waals surface area contributed by atoms with Crippen LogP contribution in [0.2, 0.25) is 0 Å². The number of aliphatic hydroxyl groups excluding tert-OH is 1. The number of para-hydroxylation sites is 1. The molecule has 0 aliphatic heterocycles. The smallest absolute Gasteiger partial charge is 0.326 e. The van der Waals surface area contributed by atoms with Gasteiger partial charge in [-0.2, -0.15) is 0 Å². The zero-order valence-corrected chi connectivity index (χ0v) is 62.8. The Kier molecular flexibility index (Phi) is 44.9. The molecule has 14 amide bonds.